The molecule has 1 radical (unpaired) electrons. The van der Waals surface area contributed by atoms with Crippen molar-refractivity contribution in [3.05, 3.63) is 0 Å². The monoisotopic (exact) mass is 240 g/mol. The van der Waals surface area contributed by atoms with Crippen LogP contribution in [0.25, 0.3) is 0 Å². The van der Waals surface area contributed by atoms with Crippen LogP contribution in [0, 0.1) is 5.92 Å². The second-order valence-corrected chi connectivity index (χ2v) is 6.83. The standard InChI is InChI=1S/C15H30NO/c1-7-8-9-17-12(2)13-10-14(3,4)16-15(5,6)11-13/h12-13H,7-11H2,1-6H3. The summed E-state index contributed by atoms with van der Waals surface area (Å²) in [6.07, 6.45) is 5.07. The Labute approximate surface area is 108 Å². The third-order valence-corrected chi connectivity index (χ3v) is 3.67. The minimum absolute atomic E-state index is 0.106. The average Bonchev–Trinajstić information content (AvgIpc) is 2.13. The van der Waals surface area contributed by atoms with Crippen LogP contribution >= 0.6 is 0 Å². The summed E-state index contributed by atoms with van der Waals surface area (Å²) in [7, 11) is 0. The van der Waals surface area contributed by atoms with Crippen LogP contribution in [0.15, 0.2) is 0 Å². The van der Waals surface area contributed by atoms with Gasteiger partial charge in [-0.05, 0) is 59.8 Å². The van der Waals surface area contributed by atoms with Crippen LogP contribution in [0.5, 0.6) is 0 Å². The minimum Gasteiger partial charge on any atom is -0.378 e. The van der Waals surface area contributed by atoms with Crippen molar-refractivity contribution in [3.8, 4) is 0 Å². The second kappa shape index (κ2) is 5.71. The van der Waals surface area contributed by atoms with Crippen molar-refractivity contribution in [2.45, 2.75) is 84.4 Å². The lowest BCUT2D eigenvalue weighted by molar-refractivity contribution is -0.0193. The lowest BCUT2D eigenvalue weighted by atomic mass is 9.74. The van der Waals surface area contributed by atoms with Crippen LogP contribution in [0.3, 0.4) is 0 Å². The summed E-state index contributed by atoms with van der Waals surface area (Å²) in [6.45, 7) is 14.3. The Morgan fingerprint density at radius 3 is 2.18 bits per heavy atom. The average molecular weight is 240 g/mol. The molecule has 1 unspecified atom stereocenters. The molecule has 2 heteroatoms. The summed E-state index contributed by atoms with van der Waals surface area (Å²) >= 11 is 0. The van der Waals surface area contributed by atoms with E-state index in [0.717, 1.165) is 19.4 Å². The molecule has 0 aromatic rings. The highest BCUT2D eigenvalue weighted by atomic mass is 16.5. The SMILES string of the molecule is CCCCOC(C)C1CC(C)(C)[N]C(C)(C)C1. The number of piperidine rings is 1. The molecule has 0 aromatic heterocycles. The van der Waals surface area contributed by atoms with E-state index in [2.05, 4.69) is 41.5 Å². The first-order valence-corrected chi connectivity index (χ1v) is 7.11. The molecule has 0 aliphatic carbocycles. The van der Waals surface area contributed by atoms with Gasteiger partial charge in [-0.1, -0.05) is 13.3 Å². The lowest BCUT2D eigenvalue weighted by Crippen LogP contribution is -2.54. The largest absolute Gasteiger partial charge is 0.378 e. The molecule has 0 bridgehead atoms. The quantitative estimate of drug-likeness (QED) is 0.671. The van der Waals surface area contributed by atoms with Gasteiger partial charge in [0.15, 0.2) is 0 Å². The first-order chi connectivity index (χ1) is 7.76. The Bertz CT molecular complexity index is 219. The zero-order valence-electron chi connectivity index (χ0n) is 12.5. The van der Waals surface area contributed by atoms with Crippen molar-refractivity contribution in [1.82, 2.24) is 5.32 Å². The van der Waals surface area contributed by atoms with E-state index in [-0.39, 0.29) is 11.1 Å². The first-order valence-electron chi connectivity index (χ1n) is 7.11. The summed E-state index contributed by atoms with van der Waals surface area (Å²) in [5.74, 6) is 0.648. The smallest absolute Gasteiger partial charge is 0.0576 e. The molecule has 0 spiro atoms. The molecule has 1 atom stereocenters. The van der Waals surface area contributed by atoms with Gasteiger partial charge in [0.2, 0.25) is 0 Å². The van der Waals surface area contributed by atoms with E-state index >= 15 is 0 Å². The van der Waals surface area contributed by atoms with E-state index in [1.54, 1.807) is 0 Å². The van der Waals surface area contributed by atoms with E-state index in [9.17, 15) is 0 Å². The maximum Gasteiger partial charge on any atom is 0.0576 e. The van der Waals surface area contributed by atoms with Crippen LogP contribution in [0.2, 0.25) is 0 Å². The Morgan fingerprint density at radius 1 is 1.18 bits per heavy atom. The van der Waals surface area contributed by atoms with Crippen molar-refractivity contribution in [3.63, 3.8) is 0 Å². The highest BCUT2D eigenvalue weighted by Gasteiger charge is 2.41. The fraction of sp³-hybridized carbons (Fsp3) is 1.00. The molecular weight excluding hydrogens is 210 g/mol. The van der Waals surface area contributed by atoms with Gasteiger partial charge in [0.25, 0.3) is 0 Å². The first kappa shape index (κ1) is 15.0. The summed E-state index contributed by atoms with van der Waals surface area (Å²) in [4.78, 5) is 0. The summed E-state index contributed by atoms with van der Waals surface area (Å²) in [5, 5.41) is 4.92. The van der Waals surface area contributed by atoms with Gasteiger partial charge in [-0.3, -0.25) is 0 Å². The predicted octanol–water partition coefficient (Wildman–Crippen LogP) is 3.76. The molecule has 1 aliphatic rings. The zero-order valence-corrected chi connectivity index (χ0v) is 12.5. The Kier molecular flexibility index (Phi) is 5.03. The van der Waals surface area contributed by atoms with Gasteiger partial charge in [-0.25, -0.2) is 5.32 Å². The van der Waals surface area contributed by atoms with E-state index in [1.165, 1.54) is 12.8 Å². The Hall–Kier alpha value is -0.0800. The van der Waals surface area contributed by atoms with Crippen LogP contribution < -0.4 is 5.32 Å². The molecule has 2 nitrogen and oxygen atoms in total. The van der Waals surface area contributed by atoms with Crippen molar-refractivity contribution < 1.29 is 4.74 Å². The fourth-order valence-electron chi connectivity index (χ4n) is 3.15. The summed E-state index contributed by atoms with van der Waals surface area (Å²) in [5.41, 5.74) is 0.212. The van der Waals surface area contributed by atoms with Crippen molar-refractivity contribution in [2.24, 2.45) is 5.92 Å². The number of hydrogen-bond donors (Lipinski definition) is 0. The normalized spacial score (nSPS) is 25.8. The van der Waals surface area contributed by atoms with Gasteiger partial charge >= 0.3 is 0 Å². The maximum atomic E-state index is 5.97. The molecule has 0 aromatic carbocycles. The zero-order chi connectivity index (χ0) is 13.1. The fourth-order valence-corrected chi connectivity index (χ4v) is 3.15. The number of ether oxygens (including phenoxy) is 1. The molecule has 1 heterocycles. The number of nitrogens with zero attached hydrogens (tertiary/aromatic N) is 1. The van der Waals surface area contributed by atoms with Crippen LogP contribution in [-0.2, 0) is 4.74 Å². The molecular formula is C15H30NO. The highest BCUT2D eigenvalue weighted by molar-refractivity contribution is 4.97. The van der Waals surface area contributed by atoms with Crippen LogP contribution in [0.1, 0.15) is 67.2 Å². The van der Waals surface area contributed by atoms with Gasteiger partial charge in [0, 0.05) is 17.7 Å². The lowest BCUT2D eigenvalue weighted by Gasteiger charge is -2.46. The third-order valence-electron chi connectivity index (χ3n) is 3.67. The van der Waals surface area contributed by atoms with Gasteiger partial charge in [0.1, 0.15) is 0 Å². The van der Waals surface area contributed by atoms with E-state index in [4.69, 9.17) is 10.1 Å². The number of hydrogen-bond acceptors (Lipinski definition) is 1. The van der Waals surface area contributed by atoms with Crippen molar-refractivity contribution >= 4 is 0 Å². The molecule has 1 rings (SSSR count). The highest BCUT2D eigenvalue weighted by Crippen LogP contribution is 2.36. The van der Waals surface area contributed by atoms with E-state index in [1.807, 2.05) is 0 Å². The molecule has 101 valence electrons. The second-order valence-electron chi connectivity index (χ2n) is 6.83. The van der Waals surface area contributed by atoms with E-state index in [0.29, 0.717) is 12.0 Å². The summed E-state index contributed by atoms with van der Waals surface area (Å²) in [6, 6.07) is 0. The minimum atomic E-state index is 0.106. The van der Waals surface area contributed by atoms with Crippen molar-refractivity contribution in [1.29, 1.82) is 0 Å². The van der Waals surface area contributed by atoms with Gasteiger partial charge < -0.3 is 4.74 Å². The number of unbranched alkanes of at least 4 members (excludes halogenated alkanes) is 1. The number of rotatable bonds is 5. The molecule has 0 amide bonds. The van der Waals surface area contributed by atoms with Gasteiger partial charge in [-0.15, -0.1) is 0 Å². The molecule has 0 saturated carbocycles. The Morgan fingerprint density at radius 2 is 1.71 bits per heavy atom. The predicted molar refractivity (Wildman–Crippen MR) is 73.3 cm³/mol. The van der Waals surface area contributed by atoms with Crippen molar-refractivity contribution in [2.75, 3.05) is 6.61 Å². The molecule has 0 N–H and O–H groups in total. The Balaban J connectivity index is 2.52. The molecule has 1 aliphatic heterocycles. The molecule has 1 fully saturated rings. The third kappa shape index (κ3) is 4.97. The van der Waals surface area contributed by atoms with Crippen LogP contribution in [0.4, 0.5) is 0 Å². The van der Waals surface area contributed by atoms with Gasteiger partial charge in [-0.2, -0.15) is 0 Å². The van der Waals surface area contributed by atoms with Gasteiger partial charge in [0.05, 0.1) is 6.10 Å². The molecule has 1 saturated heterocycles. The maximum absolute atomic E-state index is 5.97. The van der Waals surface area contributed by atoms with E-state index < -0.39 is 0 Å². The molecule has 17 heavy (non-hydrogen) atoms. The summed E-state index contributed by atoms with van der Waals surface area (Å²) < 4.78 is 5.97. The topological polar surface area (TPSA) is 23.3 Å². The van der Waals surface area contributed by atoms with Crippen LogP contribution in [-0.4, -0.2) is 23.8 Å².